The zero-order chi connectivity index (χ0) is 14.6. The van der Waals surface area contributed by atoms with Gasteiger partial charge in [-0.05, 0) is 37.6 Å². The number of hydrogen-bond acceptors (Lipinski definition) is 3. The van der Waals surface area contributed by atoms with E-state index in [-0.39, 0.29) is 6.04 Å². The highest BCUT2D eigenvalue weighted by Crippen LogP contribution is 2.20. The minimum Gasteiger partial charge on any atom is -0.313 e. The third-order valence-corrected chi connectivity index (χ3v) is 4.85. The molecule has 0 amide bonds. The second-order valence-corrected chi connectivity index (χ2v) is 8.05. The van der Waals surface area contributed by atoms with E-state index < -0.39 is 15.3 Å². The first kappa shape index (κ1) is 16.5. The number of halogens is 1. The zero-order valence-electron chi connectivity index (χ0n) is 11.7. The number of nitrogens with one attached hydrogen (secondary N) is 2. The van der Waals surface area contributed by atoms with E-state index in [1.54, 1.807) is 13.0 Å². The van der Waals surface area contributed by atoms with Crippen LogP contribution in [0.2, 0.25) is 0 Å². The van der Waals surface area contributed by atoms with Gasteiger partial charge in [0.15, 0.2) is 0 Å². The monoisotopic (exact) mass is 348 g/mol. The average molecular weight is 349 g/mol. The molecule has 0 aromatic heterocycles. The zero-order valence-corrected chi connectivity index (χ0v) is 14.1. The molecule has 2 N–H and O–H groups in total. The lowest BCUT2D eigenvalue weighted by atomic mass is 10.2. The Kier molecular flexibility index (Phi) is 5.82. The number of rotatable bonds is 6. The summed E-state index contributed by atoms with van der Waals surface area (Å²) in [5.41, 5.74) is 1.59. The van der Waals surface area contributed by atoms with E-state index in [9.17, 15) is 8.42 Å². The molecular weight excluding hydrogens is 328 g/mol. The number of sulfonamides is 1. The minimum atomic E-state index is -3.38. The van der Waals surface area contributed by atoms with E-state index in [0.29, 0.717) is 12.2 Å². The summed E-state index contributed by atoms with van der Waals surface area (Å²) in [4.78, 5) is 0. The van der Waals surface area contributed by atoms with Gasteiger partial charge in [0.2, 0.25) is 10.0 Å². The molecule has 0 saturated carbocycles. The third kappa shape index (κ3) is 5.50. The fourth-order valence-electron chi connectivity index (χ4n) is 1.57. The van der Waals surface area contributed by atoms with Crippen molar-refractivity contribution in [1.29, 1.82) is 0 Å². The van der Waals surface area contributed by atoms with E-state index in [1.807, 2.05) is 32.9 Å². The molecule has 0 saturated heterocycles. The molecular formula is C13H21BrN2O2S. The van der Waals surface area contributed by atoms with Gasteiger partial charge in [-0.1, -0.05) is 29.8 Å². The van der Waals surface area contributed by atoms with E-state index in [2.05, 4.69) is 26.0 Å². The van der Waals surface area contributed by atoms with E-state index in [1.165, 1.54) is 0 Å². The summed E-state index contributed by atoms with van der Waals surface area (Å²) in [5, 5.41) is 2.64. The first-order valence-corrected chi connectivity index (χ1v) is 8.57. The van der Waals surface area contributed by atoms with Crippen molar-refractivity contribution in [3.63, 3.8) is 0 Å². The van der Waals surface area contributed by atoms with Crippen LogP contribution in [-0.4, -0.2) is 26.3 Å². The maximum Gasteiger partial charge on any atom is 0.236 e. The van der Waals surface area contributed by atoms with Crippen LogP contribution in [0.4, 0.5) is 5.69 Å². The number of benzene rings is 1. The summed E-state index contributed by atoms with van der Waals surface area (Å²) in [6.07, 6.45) is 0. The molecule has 0 aliphatic heterocycles. The van der Waals surface area contributed by atoms with Crippen molar-refractivity contribution in [2.75, 3.05) is 11.3 Å². The van der Waals surface area contributed by atoms with Gasteiger partial charge in [-0.2, -0.15) is 0 Å². The highest BCUT2D eigenvalue weighted by atomic mass is 79.9. The van der Waals surface area contributed by atoms with Gasteiger partial charge in [-0.25, -0.2) is 8.42 Å². The van der Waals surface area contributed by atoms with Crippen molar-refractivity contribution >= 4 is 31.6 Å². The van der Waals surface area contributed by atoms with Gasteiger partial charge >= 0.3 is 0 Å². The van der Waals surface area contributed by atoms with Gasteiger partial charge in [0.25, 0.3) is 0 Å². The van der Waals surface area contributed by atoms with Gasteiger partial charge < -0.3 is 5.32 Å². The summed E-state index contributed by atoms with van der Waals surface area (Å²) < 4.78 is 27.8. The topological polar surface area (TPSA) is 58.2 Å². The molecule has 1 rings (SSSR count). The molecule has 1 unspecified atom stereocenters. The normalized spacial score (nSPS) is 13.6. The summed E-state index contributed by atoms with van der Waals surface area (Å²) >= 11 is 3.36. The van der Waals surface area contributed by atoms with E-state index in [4.69, 9.17) is 0 Å². The van der Waals surface area contributed by atoms with Crippen molar-refractivity contribution < 1.29 is 8.42 Å². The third-order valence-electron chi connectivity index (χ3n) is 2.65. The predicted molar refractivity (Wildman–Crippen MR) is 84.0 cm³/mol. The van der Waals surface area contributed by atoms with Gasteiger partial charge in [0.1, 0.15) is 0 Å². The van der Waals surface area contributed by atoms with Crippen LogP contribution in [-0.2, 0) is 10.0 Å². The molecule has 0 heterocycles. The molecule has 1 atom stereocenters. The van der Waals surface area contributed by atoms with E-state index >= 15 is 0 Å². The highest BCUT2D eigenvalue weighted by molar-refractivity contribution is 9.10. The molecule has 0 radical (unpaired) electrons. The molecule has 19 heavy (non-hydrogen) atoms. The lowest BCUT2D eigenvalue weighted by molar-refractivity contribution is 0.553. The van der Waals surface area contributed by atoms with E-state index in [0.717, 1.165) is 10.0 Å². The first-order valence-electron chi connectivity index (χ1n) is 6.23. The van der Waals surface area contributed by atoms with Crippen LogP contribution in [0, 0.1) is 6.92 Å². The largest absolute Gasteiger partial charge is 0.313 e. The Labute approximate surface area is 124 Å². The van der Waals surface area contributed by atoms with Crippen molar-refractivity contribution in [3.8, 4) is 0 Å². The number of hydrogen-bond donors (Lipinski definition) is 2. The maximum atomic E-state index is 12.2. The van der Waals surface area contributed by atoms with Crippen LogP contribution >= 0.6 is 15.9 Å². The Bertz CT molecular complexity index is 509. The standard InChI is InChI=1S/C13H21BrN2O2S/c1-9(2)15-8-11(4)19(17,18)16-13-6-10(3)5-12(14)7-13/h5-7,9,11,15-16H,8H2,1-4H3. The molecule has 1 aromatic carbocycles. The summed E-state index contributed by atoms with van der Waals surface area (Å²) in [7, 11) is -3.38. The maximum absolute atomic E-state index is 12.2. The molecule has 6 heteroatoms. The minimum absolute atomic E-state index is 0.269. The molecule has 4 nitrogen and oxygen atoms in total. The molecule has 1 aromatic rings. The summed E-state index contributed by atoms with van der Waals surface area (Å²) in [5.74, 6) is 0. The van der Waals surface area contributed by atoms with Crippen LogP contribution < -0.4 is 10.0 Å². The van der Waals surface area contributed by atoms with Crippen molar-refractivity contribution in [3.05, 3.63) is 28.2 Å². The SMILES string of the molecule is Cc1cc(Br)cc(NS(=O)(=O)C(C)CNC(C)C)c1. The Morgan fingerprint density at radius 1 is 1.21 bits per heavy atom. The Morgan fingerprint density at radius 3 is 2.37 bits per heavy atom. The predicted octanol–water partition coefficient (Wildman–Crippen LogP) is 2.89. The quantitative estimate of drug-likeness (QED) is 0.830. The Morgan fingerprint density at radius 2 is 1.84 bits per heavy atom. The number of aryl methyl sites for hydroxylation is 1. The van der Waals surface area contributed by atoms with Crippen LogP contribution in [0.5, 0.6) is 0 Å². The highest BCUT2D eigenvalue weighted by Gasteiger charge is 2.20. The molecule has 0 fully saturated rings. The second kappa shape index (κ2) is 6.72. The van der Waals surface area contributed by atoms with Crippen molar-refractivity contribution in [2.24, 2.45) is 0 Å². The molecule has 0 aliphatic carbocycles. The number of anilines is 1. The van der Waals surface area contributed by atoms with Gasteiger partial charge in [0, 0.05) is 22.7 Å². The first-order chi connectivity index (χ1) is 8.70. The van der Waals surface area contributed by atoms with Crippen LogP contribution in [0.15, 0.2) is 22.7 Å². The fourth-order valence-corrected chi connectivity index (χ4v) is 3.14. The molecule has 0 aliphatic rings. The smallest absolute Gasteiger partial charge is 0.236 e. The second-order valence-electron chi connectivity index (χ2n) is 5.04. The van der Waals surface area contributed by atoms with Crippen LogP contribution in [0.3, 0.4) is 0 Å². The van der Waals surface area contributed by atoms with Gasteiger partial charge in [0.05, 0.1) is 5.25 Å². The Hall–Kier alpha value is -0.590. The molecule has 108 valence electrons. The lowest BCUT2D eigenvalue weighted by Crippen LogP contribution is -2.37. The van der Waals surface area contributed by atoms with Gasteiger partial charge in [-0.15, -0.1) is 0 Å². The summed E-state index contributed by atoms with van der Waals surface area (Å²) in [6.45, 7) is 8.03. The van der Waals surface area contributed by atoms with Crippen LogP contribution in [0.1, 0.15) is 26.3 Å². The fraction of sp³-hybridized carbons (Fsp3) is 0.538. The average Bonchev–Trinajstić information content (AvgIpc) is 2.23. The lowest BCUT2D eigenvalue weighted by Gasteiger charge is -2.17. The molecule has 0 bridgehead atoms. The van der Waals surface area contributed by atoms with Crippen molar-refractivity contribution in [2.45, 2.75) is 39.0 Å². The molecule has 0 spiro atoms. The Balaban J connectivity index is 2.78. The summed E-state index contributed by atoms with van der Waals surface area (Å²) in [6, 6.07) is 5.77. The van der Waals surface area contributed by atoms with Crippen molar-refractivity contribution in [1.82, 2.24) is 5.32 Å². The van der Waals surface area contributed by atoms with Crippen LogP contribution in [0.25, 0.3) is 0 Å². The van der Waals surface area contributed by atoms with Gasteiger partial charge in [-0.3, -0.25) is 4.72 Å².